The van der Waals surface area contributed by atoms with Crippen molar-refractivity contribution in [1.29, 1.82) is 0 Å². The van der Waals surface area contributed by atoms with E-state index in [1.807, 2.05) is 37.3 Å². The van der Waals surface area contributed by atoms with Gasteiger partial charge in [0.1, 0.15) is 5.75 Å². The minimum absolute atomic E-state index is 0.211. The zero-order valence-corrected chi connectivity index (χ0v) is 12.1. The molecule has 0 N–H and O–H groups in total. The highest BCUT2D eigenvalue weighted by molar-refractivity contribution is 5.92. The summed E-state index contributed by atoms with van der Waals surface area (Å²) in [5.74, 6) is 0.572. The first-order chi connectivity index (χ1) is 9.06. The molecule has 0 fully saturated rings. The molecule has 1 aromatic carbocycles. The van der Waals surface area contributed by atoms with E-state index in [9.17, 15) is 4.79 Å². The molecule has 0 aromatic heterocycles. The molecule has 0 radical (unpaired) electrons. The first-order valence-corrected chi connectivity index (χ1v) is 6.69. The molecule has 1 rings (SSSR count). The third-order valence-electron chi connectivity index (χ3n) is 2.77. The van der Waals surface area contributed by atoms with Gasteiger partial charge in [0.05, 0.1) is 12.7 Å². The Morgan fingerprint density at radius 3 is 2.42 bits per heavy atom. The molecule has 1 unspecified atom stereocenters. The van der Waals surface area contributed by atoms with Crippen LogP contribution in [0.5, 0.6) is 5.75 Å². The molecule has 3 heteroatoms. The smallest absolute Gasteiger partial charge is 0.333 e. The van der Waals surface area contributed by atoms with E-state index < -0.39 is 0 Å². The van der Waals surface area contributed by atoms with Crippen LogP contribution in [0, 0.1) is 0 Å². The molecule has 0 saturated carbocycles. The van der Waals surface area contributed by atoms with Gasteiger partial charge in [0.15, 0.2) is 0 Å². The lowest BCUT2D eigenvalue weighted by atomic mass is 10.1. The molecular weight excluding hydrogens is 240 g/mol. The number of benzene rings is 1. The number of rotatable bonds is 6. The molecule has 0 saturated heterocycles. The Morgan fingerprint density at radius 1 is 1.26 bits per heavy atom. The lowest BCUT2D eigenvalue weighted by molar-refractivity contribution is -0.138. The molecule has 0 amide bonds. The van der Waals surface area contributed by atoms with Gasteiger partial charge < -0.3 is 9.47 Å². The maximum atomic E-state index is 11.5. The van der Waals surface area contributed by atoms with Crippen LogP contribution in [0.15, 0.2) is 29.8 Å². The van der Waals surface area contributed by atoms with Crippen LogP contribution in [0.25, 0.3) is 6.08 Å². The van der Waals surface area contributed by atoms with Crippen LogP contribution in [0.3, 0.4) is 0 Å². The van der Waals surface area contributed by atoms with Crippen LogP contribution >= 0.6 is 0 Å². The fourth-order valence-electron chi connectivity index (χ4n) is 1.51. The van der Waals surface area contributed by atoms with Crippen LogP contribution in [0.1, 0.15) is 39.7 Å². The van der Waals surface area contributed by atoms with Crippen molar-refractivity contribution in [2.45, 2.75) is 40.2 Å². The summed E-state index contributed by atoms with van der Waals surface area (Å²) >= 11 is 0. The summed E-state index contributed by atoms with van der Waals surface area (Å²) in [6.45, 7) is 8.07. The third-order valence-corrected chi connectivity index (χ3v) is 2.77. The number of carbonyl (C=O) groups excluding carboxylic acids is 1. The maximum Gasteiger partial charge on any atom is 0.333 e. The second kappa shape index (κ2) is 7.62. The molecule has 0 bridgehead atoms. The highest BCUT2D eigenvalue weighted by Gasteiger charge is 2.05. The van der Waals surface area contributed by atoms with E-state index in [2.05, 4.69) is 6.92 Å². The first kappa shape index (κ1) is 15.3. The molecule has 0 heterocycles. The molecule has 1 aromatic rings. The van der Waals surface area contributed by atoms with Crippen LogP contribution in [0.2, 0.25) is 0 Å². The van der Waals surface area contributed by atoms with Gasteiger partial charge in [-0.3, -0.25) is 0 Å². The molecule has 104 valence electrons. The number of esters is 1. The molecule has 0 aliphatic heterocycles. The van der Waals surface area contributed by atoms with Gasteiger partial charge in [-0.15, -0.1) is 0 Å². The highest BCUT2D eigenvalue weighted by Crippen LogP contribution is 2.16. The van der Waals surface area contributed by atoms with Crippen molar-refractivity contribution in [3.8, 4) is 5.75 Å². The Labute approximate surface area is 115 Å². The van der Waals surface area contributed by atoms with Crippen LogP contribution in [-0.4, -0.2) is 18.7 Å². The Hall–Kier alpha value is -1.77. The standard InChI is InChI=1S/C16H22O3/c1-5-13(4)19-15-9-7-14(8-10-15)11-12(3)16(17)18-6-2/h7-11,13H,5-6H2,1-4H3/b12-11+. The minimum Gasteiger partial charge on any atom is -0.491 e. The maximum absolute atomic E-state index is 11.5. The topological polar surface area (TPSA) is 35.5 Å². The predicted molar refractivity (Wildman–Crippen MR) is 77.1 cm³/mol. The Kier molecular flexibility index (Phi) is 6.13. The average Bonchev–Trinajstić information content (AvgIpc) is 2.41. The average molecular weight is 262 g/mol. The normalized spacial score (nSPS) is 12.9. The Morgan fingerprint density at radius 2 is 1.89 bits per heavy atom. The minimum atomic E-state index is -0.276. The number of ether oxygens (including phenoxy) is 2. The lowest BCUT2D eigenvalue weighted by Gasteiger charge is -2.12. The summed E-state index contributed by atoms with van der Waals surface area (Å²) in [5.41, 5.74) is 1.56. The predicted octanol–water partition coefficient (Wildman–Crippen LogP) is 3.83. The lowest BCUT2D eigenvalue weighted by Crippen LogP contribution is -2.09. The van der Waals surface area contributed by atoms with Gasteiger partial charge in [-0.25, -0.2) is 4.79 Å². The van der Waals surface area contributed by atoms with Crippen molar-refractivity contribution in [3.05, 3.63) is 35.4 Å². The molecule has 19 heavy (non-hydrogen) atoms. The summed E-state index contributed by atoms with van der Waals surface area (Å²) in [4.78, 5) is 11.5. The van der Waals surface area contributed by atoms with Crippen LogP contribution in [-0.2, 0) is 9.53 Å². The van der Waals surface area contributed by atoms with Gasteiger partial charge in [-0.1, -0.05) is 19.1 Å². The summed E-state index contributed by atoms with van der Waals surface area (Å²) in [6, 6.07) is 7.69. The summed E-state index contributed by atoms with van der Waals surface area (Å²) in [5, 5.41) is 0. The molecule has 0 aliphatic carbocycles. The van der Waals surface area contributed by atoms with Gasteiger partial charge in [0, 0.05) is 5.57 Å². The molecule has 0 spiro atoms. The van der Waals surface area contributed by atoms with E-state index in [0.717, 1.165) is 17.7 Å². The first-order valence-electron chi connectivity index (χ1n) is 6.69. The molecule has 3 nitrogen and oxygen atoms in total. The Bertz CT molecular complexity index is 432. The second-order valence-electron chi connectivity index (χ2n) is 4.45. The van der Waals surface area contributed by atoms with E-state index in [1.165, 1.54) is 0 Å². The number of carbonyl (C=O) groups is 1. The van der Waals surface area contributed by atoms with E-state index in [-0.39, 0.29) is 12.1 Å². The third kappa shape index (κ3) is 5.16. The van der Waals surface area contributed by atoms with Crippen molar-refractivity contribution in [2.75, 3.05) is 6.61 Å². The highest BCUT2D eigenvalue weighted by atomic mass is 16.5. The number of hydrogen-bond acceptors (Lipinski definition) is 3. The number of hydrogen-bond donors (Lipinski definition) is 0. The largest absolute Gasteiger partial charge is 0.491 e. The fourth-order valence-corrected chi connectivity index (χ4v) is 1.51. The van der Waals surface area contributed by atoms with Gasteiger partial charge >= 0.3 is 5.97 Å². The second-order valence-corrected chi connectivity index (χ2v) is 4.45. The van der Waals surface area contributed by atoms with Crippen molar-refractivity contribution >= 4 is 12.0 Å². The molecule has 1 atom stereocenters. The van der Waals surface area contributed by atoms with E-state index in [1.54, 1.807) is 13.8 Å². The van der Waals surface area contributed by atoms with Gasteiger partial charge in [-0.05, 0) is 51.0 Å². The van der Waals surface area contributed by atoms with Crippen molar-refractivity contribution in [1.82, 2.24) is 0 Å². The zero-order valence-electron chi connectivity index (χ0n) is 12.1. The summed E-state index contributed by atoms with van der Waals surface area (Å²) in [6.07, 6.45) is 3.00. The zero-order chi connectivity index (χ0) is 14.3. The fraction of sp³-hybridized carbons (Fsp3) is 0.438. The quantitative estimate of drug-likeness (QED) is 0.577. The van der Waals surface area contributed by atoms with E-state index in [4.69, 9.17) is 9.47 Å². The van der Waals surface area contributed by atoms with Crippen molar-refractivity contribution in [3.63, 3.8) is 0 Å². The summed E-state index contributed by atoms with van der Waals surface area (Å²) < 4.78 is 10.6. The van der Waals surface area contributed by atoms with Crippen LogP contribution in [0.4, 0.5) is 0 Å². The van der Waals surface area contributed by atoms with Gasteiger partial charge in [-0.2, -0.15) is 0 Å². The van der Waals surface area contributed by atoms with E-state index in [0.29, 0.717) is 12.2 Å². The van der Waals surface area contributed by atoms with E-state index >= 15 is 0 Å². The van der Waals surface area contributed by atoms with Crippen LogP contribution < -0.4 is 4.74 Å². The summed E-state index contributed by atoms with van der Waals surface area (Å²) in [7, 11) is 0. The monoisotopic (exact) mass is 262 g/mol. The SMILES string of the molecule is CCOC(=O)/C(C)=C/c1ccc(OC(C)CC)cc1. The van der Waals surface area contributed by atoms with Crippen molar-refractivity contribution in [2.24, 2.45) is 0 Å². The molecular formula is C16H22O3. The van der Waals surface area contributed by atoms with Gasteiger partial charge in [0.2, 0.25) is 0 Å². The van der Waals surface area contributed by atoms with Gasteiger partial charge in [0.25, 0.3) is 0 Å². The Balaban J connectivity index is 2.71. The van der Waals surface area contributed by atoms with Crippen molar-refractivity contribution < 1.29 is 14.3 Å². The molecule has 0 aliphatic rings.